The van der Waals surface area contributed by atoms with Gasteiger partial charge in [0, 0.05) is 55.9 Å². The molecule has 0 bridgehead atoms. The number of Topliss-reactive ketones (excluding diaryl/α,β-unsaturated/α-hetero) is 1. The standard InChI is InChI=1S/C38H52N2O10/c1-24-11-10-14-27(41)13-9-7-8-12-25-19-29(42)34(35(44)33(25)37(45)50-24)28(26-20-30(46-4)36(48-6)31(21-26)47-5)22-32(43)39-23-38(2,3)40-15-17-49-18-16-40/h8,12,19-21,24,28,42,44H,7,9-11,13-18,22-23H2,1-6H3,(H,39,43)/t24-,28?/m0/s1. The number of morpholine rings is 1. The number of aromatic hydroxyl groups is 2. The van der Waals surface area contributed by atoms with Gasteiger partial charge in [-0.25, -0.2) is 4.79 Å². The van der Waals surface area contributed by atoms with Crippen molar-refractivity contribution in [3.05, 3.63) is 46.5 Å². The first-order chi connectivity index (χ1) is 23.9. The van der Waals surface area contributed by atoms with E-state index in [4.69, 9.17) is 23.7 Å². The Morgan fingerprint density at radius 3 is 2.32 bits per heavy atom. The minimum absolute atomic E-state index is 0.0228. The van der Waals surface area contributed by atoms with Gasteiger partial charge in [0.25, 0.3) is 0 Å². The molecule has 3 N–H and O–H groups in total. The first-order valence-electron chi connectivity index (χ1n) is 17.3. The molecule has 12 heteroatoms. The maximum absolute atomic E-state index is 13.8. The Balaban J connectivity index is 1.80. The van der Waals surface area contributed by atoms with E-state index >= 15 is 0 Å². The number of amides is 1. The van der Waals surface area contributed by atoms with Gasteiger partial charge in [-0.2, -0.15) is 0 Å². The van der Waals surface area contributed by atoms with E-state index in [0.29, 0.717) is 81.1 Å². The minimum Gasteiger partial charge on any atom is -0.507 e. The van der Waals surface area contributed by atoms with Crippen LogP contribution in [0.5, 0.6) is 28.7 Å². The topological polar surface area (TPSA) is 153 Å². The number of nitrogens with one attached hydrogen (secondary N) is 1. The molecule has 0 aromatic heterocycles. The summed E-state index contributed by atoms with van der Waals surface area (Å²) >= 11 is 0. The van der Waals surface area contributed by atoms with Gasteiger partial charge in [-0.05, 0) is 75.8 Å². The predicted molar refractivity (Wildman–Crippen MR) is 188 cm³/mol. The molecule has 0 radical (unpaired) electrons. The average molecular weight is 697 g/mol. The third-order valence-corrected chi connectivity index (χ3v) is 9.46. The van der Waals surface area contributed by atoms with E-state index in [1.165, 1.54) is 27.4 Å². The molecule has 274 valence electrons. The van der Waals surface area contributed by atoms with Gasteiger partial charge in [-0.1, -0.05) is 12.2 Å². The molecule has 2 heterocycles. The number of allylic oxidation sites excluding steroid dienone is 1. The molecule has 12 nitrogen and oxygen atoms in total. The van der Waals surface area contributed by atoms with E-state index in [2.05, 4.69) is 24.1 Å². The van der Waals surface area contributed by atoms with E-state index in [1.54, 1.807) is 31.2 Å². The van der Waals surface area contributed by atoms with Crippen LogP contribution in [0.2, 0.25) is 0 Å². The molecule has 0 aliphatic carbocycles. The van der Waals surface area contributed by atoms with E-state index < -0.39 is 23.7 Å². The van der Waals surface area contributed by atoms with Gasteiger partial charge in [-0.3, -0.25) is 14.5 Å². The fourth-order valence-corrected chi connectivity index (χ4v) is 6.56. The summed E-state index contributed by atoms with van der Waals surface area (Å²) in [6.45, 7) is 8.92. The maximum atomic E-state index is 13.8. The molecule has 50 heavy (non-hydrogen) atoms. The lowest BCUT2D eigenvalue weighted by Crippen LogP contribution is -2.55. The Kier molecular flexibility index (Phi) is 13.5. The lowest BCUT2D eigenvalue weighted by molar-refractivity contribution is -0.122. The van der Waals surface area contributed by atoms with Crippen molar-refractivity contribution in [1.29, 1.82) is 0 Å². The van der Waals surface area contributed by atoms with Crippen LogP contribution in [-0.4, -0.2) is 98.6 Å². The Hall–Kier alpha value is -4.29. The van der Waals surface area contributed by atoms with Crippen LogP contribution in [0.15, 0.2) is 24.3 Å². The quantitative estimate of drug-likeness (QED) is 0.276. The fourth-order valence-electron chi connectivity index (χ4n) is 6.56. The van der Waals surface area contributed by atoms with Crippen LogP contribution >= 0.6 is 0 Å². The number of phenols is 2. The molecule has 2 aromatic rings. The number of carbonyl (C=O) groups is 3. The van der Waals surface area contributed by atoms with E-state index in [0.717, 1.165) is 13.1 Å². The zero-order chi connectivity index (χ0) is 36.4. The highest BCUT2D eigenvalue weighted by atomic mass is 16.5. The summed E-state index contributed by atoms with van der Waals surface area (Å²) in [5.41, 5.74) is 0.215. The van der Waals surface area contributed by atoms with Gasteiger partial charge in [-0.15, -0.1) is 0 Å². The van der Waals surface area contributed by atoms with Crippen LogP contribution in [0, 0.1) is 0 Å². The number of phenolic OH excluding ortho intramolecular Hbond substituents is 2. The maximum Gasteiger partial charge on any atom is 0.342 e. The number of nitrogens with zero attached hydrogens (tertiary/aromatic N) is 1. The SMILES string of the molecule is COc1cc(C(CC(=O)NCC(C)(C)N2CCOCC2)c2c(O)cc3c(c2O)C(=O)O[C@@H](C)CCCC(=O)CCCC=C3)cc(OC)c1OC. The van der Waals surface area contributed by atoms with Crippen molar-refractivity contribution in [3.8, 4) is 28.7 Å². The number of esters is 1. The van der Waals surface area contributed by atoms with Crippen molar-refractivity contribution in [2.45, 2.75) is 83.3 Å². The van der Waals surface area contributed by atoms with E-state index in [9.17, 15) is 24.6 Å². The monoisotopic (exact) mass is 696 g/mol. The zero-order valence-electron chi connectivity index (χ0n) is 30.1. The summed E-state index contributed by atoms with van der Waals surface area (Å²) in [6.07, 6.45) is 5.81. The van der Waals surface area contributed by atoms with Crippen LogP contribution in [0.3, 0.4) is 0 Å². The molecule has 0 spiro atoms. The molecular weight excluding hydrogens is 644 g/mol. The van der Waals surface area contributed by atoms with E-state index in [-0.39, 0.29) is 46.1 Å². The second kappa shape index (κ2) is 17.6. The average Bonchev–Trinajstić information content (AvgIpc) is 3.09. The lowest BCUT2D eigenvalue weighted by Gasteiger charge is -2.41. The largest absolute Gasteiger partial charge is 0.507 e. The molecule has 1 unspecified atom stereocenters. The highest BCUT2D eigenvalue weighted by Gasteiger charge is 2.33. The number of methoxy groups -OCH3 is 3. The Labute approximate surface area is 294 Å². The first-order valence-corrected chi connectivity index (χ1v) is 17.3. The number of hydrogen-bond acceptors (Lipinski definition) is 11. The van der Waals surface area contributed by atoms with Crippen LogP contribution in [0.4, 0.5) is 0 Å². The van der Waals surface area contributed by atoms with E-state index in [1.807, 2.05) is 0 Å². The highest BCUT2D eigenvalue weighted by molar-refractivity contribution is 5.98. The van der Waals surface area contributed by atoms with Crippen molar-refractivity contribution >= 4 is 23.7 Å². The first kappa shape index (κ1) is 38.5. The van der Waals surface area contributed by atoms with Gasteiger partial charge < -0.3 is 39.2 Å². The molecule has 2 aliphatic rings. The van der Waals surface area contributed by atoms with Crippen LogP contribution < -0.4 is 19.5 Å². The molecule has 4 rings (SSSR count). The second-order valence-electron chi connectivity index (χ2n) is 13.5. The number of carbonyl (C=O) groups excluding carboxylic acids is 3. The summed E-state index contributed by atoms with van der Waals surface area (Å²) in [4.78, 5) is 42.0. The molecule has 1 saturated heterocycles. The van der Waals surface area contributed by atoms with Crippen molar-refractivity contribution < 1.29 is 48.3 Å². The predicted octanol–water partition coefficient (Wildman–Crippen LogP) is 5.35. The second-order valence-corrected chi connectivity index (χ2v) is 13.5. The Morgan fingerprint density at radius 1 is 1.02 bits per heavy atom. The fraction of sp³-hybridized carbons (Fsp3) is 0.553. The van der Waals surface area contributed by atoms with Gasteiger partial charge in [0.05, 0.1) is 40.6 Å². The van der Waals surface area contributed by atoms with Crippen LogP contribution in [0.25, 0.3) is 6.08 Å². The van der Waals surface area contributed by atoms with Crippen molar-refractivity contribution in [2.75, 3.05) is 54.2 Å². The smallest absolute Gasteiger partial charge is 0.342 e. The number of ketones is 1. The van der Waals surface area contributed by atoms with Crippen molar-refractivity contribution in [3.63, 3.8) is 0 Å². The third-order valence-electron chi connectivity index (χ3n) is 9.46. The van der Waals surface area contributed by atoms with Gasteiger partial charge >= 0.3 is 5.97 Å². The third kappa shape index (κ3) is 9.48. The highest BCUT2D eigenvalue weighted by Crippen LogP contribution is 2.47. The summed E-state index contributed by atoms with van der Waals surface area (Å²) in [5.74, 6) is -1.77. The number of fused-ring (bicyclic) bond motifs is 1. The number of cyclic esters (lactones) is 1. The van der Waals surface area contributed by atoms with Crippen molar-refractivity contribution in [2.24, 2.45) is 0 Å². The Morgan fingerprint density at radius 2 is 1.68 bits per heavy atom. The summed E-state index contributed by atoms with van der Waals surface area (Å²) < 4.78 is 28.0. The molecule has 2 aromatic carbocycles. The molecule has 1 fully saturated rings. The molecule has 1 amide bonds. The molecular formula is C38H52N2O10. The van der Waals surface area contributed by atoms with Crippen molar-refractivity contribution in [1.82, 2.24) is 10.2 Å². The minimum atomic E-state index is -0.964. The molecule has 2 aliphatic heterocycles. The number of hydrogen-bond donors (Lipinski definition) is 3. The van der Waals surface area contributed by atoms with Gasteiger partial charge in [0.15, 0.2) is 11.5 Å². The summed E-state index contributed by atoms with van der Waals surface area (Å²) in [6, 6.07) is 4.71. The number of ether oxygens (including phenoxy) is 5. The zero-order valence-corrected chi connectivity index (χ0v) is 30.1. The summed E-state index contributed by atoms with van der Waals surface area (Å²) in [7, 11) is 4.41. The van der Waals surface area contributed by atoms with Crippen LogP contribution in [-0.2, 0) is 19.1 Å². The van der Waals surface area contributed by atoms with Gasteiger partial charge in [0.1, 0.15) is 22.8 Å². The van der Waals surface area contributed by atoms with Gasteiger partial charge in [0.2, 0.25) is 11.7 Å². The number of benzene rings is 2. The molecule has 0 saturated carbocycles. The Bertz CT molecular complexity index is 1520. The summed E-state index contributed by atoms with van der Waals surface area (Å²) in [5, 5.41) is 26.6. The normalized spacial score (nSPS) is 18.7. The lowest BCUT2D eigenvalue weighted by atomic mass is 9.84. The van der Waals surface area contributed by atoms with Crippen LogP contribution in [0.1, 0.15) is 98.7 Å². The number of rotatable bonds is 10. The molecule has 2 atom stereocenters.